The zero-order chi connectivity index (χ0) is 20.6. The summed E-state index contributed by atoms with van der Waals surface area (Å²) in [5.74, 6) is 0.0516. The van der Waals surface area contributed by atoms with Crippen molar-refractivity contribution in [1.82, 2.24) is 10.2 Å². The molecule has 2 aromatic carbocycles. The van der Waals surface area contributed by atoms with E-state index in [9.17, 15) is 14.4 Å². The third-order valence-corrected chi connectivity index (χ3v) is 5.14. The molecule has 0 bridgehead atoms. The lowest BCUT2D eigenvalue weighted by atomic mass is 9.92. The van der Waals surface area contributed by atoms with E-state index in [1.807, 2.05) is 0 Å². The lowest BCUT2D eigenvalue weighted by Crippen LogP contribution is -2.42. The number of imide groups is 1. The molecule has 9 heteroatoms. The van der Waals surface area contributed by atoms with Crippen molar-refractivity contribution in [3.63, 3.8) is 0 Å². The van der Waals surface area contributed by atoms with E-state index >= 15 is 0 Å². The molecule has 0 unspecified atom stereocenters. The van der Waals surface area contributed by atoms with E-state index in [2.05, 4.69) is 10.6 Å². The number of benzene rings is 2. The maximum Gasteiger partial charge on any atom is 0.325 e. The highest BCUT2D eigenvalue weighted by atomic mass is 35.5. The quantitative estimate of drug-likeness (QED) is 0.748. The molecule has 8 nitrogen and oxygen atoms in total. The van der Waals surface area contributed by atoms with Crippen LogP contribution in [0, 0.1) is 0 Å². The van der Waals surface area contributed by atoms with Crippen LogP contribution >= 0.6 is 11.6 Å². The van der Waals surface area contributed by atoms with Crippen LogP contribution in [-0.2, 0) is 15.1 Å². The zero-order valence-corrected chi connectivity index (χ0v) is 16.3. The van der Waals surface area contributed by atoms with Crippen LogP contribution in [0.15, 0.2) is 42.5 Å². The van der Waals surface area contributed by atoms with Gasteiger partial charge in [-0.3, -0.25) is 14.5 Å². The Balaban J connectivity index is 1.48. The lowest BCUT2D eigenvalue weighted by Gasteiger charge is -2.23. The van der Waals surface area contributed by atoms with Crippen molar-refractivity contribution in [2.45, 2.75) is 12.5 Å². The first-order valence-corrected chi connectivity index (χ1v) is 9.35. The molecule has 2 aliphatic rings. The molecule has 0 radical (unpaired) electrons. The van der Waals surface area contributed by atoms with E-state index in [-0.39, 0.29) is 0 Å². The molecule has 0 saturated carbocycles. The highest BCUT2D eigenvalue weighted by Crippen LogP contribution is 2.34. The minimum absolute atomic E-state index is 0.353. The molecule has 0 spiro atoms. The molecular formula is C20H18ClN3O5. The maximum absolute atomic E-state index is 12.9. The molecule has 4 amide bonds. The molecule has 0 aliphatic carbocycles. The van der Waals surface area contributed by atoms with Crippen molar-refractivity contribution in [2.24, 2.45) is 0 Å². The average Bonchev–Trinajstić information content (AvgIpc) is 2.92. The van der Waals surface area contributed by atoms with Gasteiger partial charge in [-0.2, -0.15) is 0 Å². The summed E-state index contributed by atoms with van der Waals surface area (Å²) < 4.78 is 10.9. The molecule has 2 heterocycles. The number of carbonyl (C=O) groups is 3. The monoisotopic (exact) mass is 415 g/mol. The number of rotatable bonds is 4. The van der Waals surface area contributed by atoms with E-state index < -0.39 is 29.9 Å². The van der Waals surface area contributed by atoms with Gasteiger partial charge in [-0.1, -0.05) is 29.8 Å². The number of carbonyl (C=O) groups excluding carboxylic acids is 3. The van der Waals surface area contributed by atoms with E-state index in [4.69, 9.17) is 21.1 Å². The van der Waals surface area contributed by atoms with E-state index in [1.165, 1.54) is 0 Å². The second-order valence-corrected chi connectivity index (χ2v) is 7.24. The van der Waals surface area contributed by atoms with Crippen LogP contribution in [0.4, 0.5) is 10.5 Å². The molecule has 1 saturated heterocycles. The SMILES string of the molecule is C[C@@]1(c2ccccc2Cl)NC(=O)N(CC(=O)Nc2ccc3c(c2)OCCO3)C1=O. The van der Waals surface area contributed by atoms with Gasteiger partial charge in [0.2, 0.25) is 5.91 Å². The van der Waals surface area contributed by atoms with E-state index in [1.54, 1.807) is 49.4 Å². The minimum Gasteiger partial charge on any atom is -0.486 e. The summed E-state index contributed by atoms with van der Waals surface area (Å²) >= 11 is 6.20. The summed E-state index contributed by atoms with van der Waals surface area (Å²) in [6.07, 6.45) is 0. The fraction of sp³-hybridized carbons (Fsp3) is 0.250. The Morgan fingerprint density at radius 3 is 2.66 bits per heavy atom. The zero-order valence-electron chi connectivity index (χ0n) is 15.5. The summed E-state index contributed by atoms with van der Waals surface area (Å²) in [7, 11) is 0. The molecule has 150 valence electrons. The third kappa shape index (κ3) is 3.47. The Labute approximate surface area is 171 Å². The van der Waals surface area contributed by atoms with Gasteiger partial charge in [0.15, 0.2) is 11.5 Å². The summed E-state index contributed by atoms with van der Waals surface area (Å²) in [6, 6.07) is 11.1. The van der Waals surface area contributed by atoms with Crippen molar-refractivity contribution in [3.8, 4) is 11.5 Å². The predicted octanol–water partition coefficient (Wildman–Crippen LogP) is 2.52. The number of hydrogen-bond donors (Lipinski definition) is 2. The standard InChI is InChI=1S/C20H18ClN3O5/c1-20(13-4-2-3-5-14(13)21)18(26)24(19(27)23-20)11-17(25)22-12-6-7-15-16(10-12)29-9-8-28-15/h2-7,10H,8-9,11H2,1H3,(H,22,25)(H,23,27)/t20-/m0/s1. The van der Waals surface area contributed by atoms with Crippen LogP contribution in [0.2, 0.25) is 5.02 Å². The van der Waals surface area contributed by atoms with Crippen LogP contribution in [0.25, 0.3) is 0 Å². The van der Waals surface area contributed by atoms with Gasteiger partial charge in [0, 0.05) is 22.3 Å². The first-order chi connectivity index (χ1) is 13.9. The maximum atomic E-state index is 12.9. The fourth-order valence-electron chi connectivity index (χ4n) is 3.36. The van der Waals surface area contributed by atoms with E-state index in [0.717, 1.165) is 4.90 Å². The van der Waals surface area contributed by atoms with Crippen LogP contribution in [0.5, 0.6) is 11.5 Å². The molecule has 2 aliphatic heterocycles. The van der Waals surface area contributed by atoms with Gasteiger partial charge in [-0.05, 0) is 25.1 Å². The van der Waals surface area contributed by atoms with Gasteiger partial charge in [0.25, 0.3) is 5.91 Å². The molecular weight excluding hydrogens is 398 g/mol. The second-order valence-electron chi connectivity index (χ2n) is 6.83. The highest BCUT2D eigenvalue weighted by molar-refractivity contribution is 6.32. The van der Waals surface area contributed by atoms with Crippen molar-refractivity contribution in [2.75, 3.05) is 25.1 Å². The minimum atomic E-state index is -1.34. The van der Waals surface area contributed by atoms with Gasteiger partial charge in [-0.15, -0.1) is 0 Å². The highest BCUT2D eigenvalue weighted by Gasteiger charge is 2.50. The largest absolute Gasteiger partial charge is 0.486 e. The summed E-state index contributed by atoms with van der Waals surface area (Å²) in [4.78, 5) is 38.7. The normalized spacial score (nSPS) is 20.4. The number of urea groups is 1. The molecule has 1 atom stereocenters. The Hall–Kier alpha value is -3.26. The van der Waals surface area contributed by atoms with E-state index in [0.29, 0.717) is 41.0 Å². The molecule has 2 aromatic rings. The van der Waals surface area contributed by atoms with Crippen LogP contribution in [0.1, 0.15) is 12.5 Å². The Morgan fingerprint density at radius 2 is 1.90 bits per heavy atom. The molecule has 1 fully saturated rings. The third-order valence-electron chi connectivity index (χ3n) is 4.82. The molecule has 4 rings (SSSR count). The van der Waals surface area contributed by atoms with Gasteiger partial charge >= 0.3 is 6.03 Å². The molecule has 2 N–H and O–H groups in total. The Kier molecular flexibility index (Phi) is 4.79. The smallest absolute Gasteiger partial charge is 0.325 e. The average molecular weight is 416 g/mol. The summed E-state index contributed by atoms with van der Waals surface area (Å²) in [6.45, 7) is 2.02. The number of nitrogens with one attached hydrogen (secondary N) is 2. The Bertz CT molecular complexity index is 1010. The van der Waals surface area contributed by atoms with Gasteiger partial charge in [-0.25, -0.2) is 4.79 Å². The van der Waals surface area contributed by atoms with Crippen molar-refractivity contribution >= 4 is 35.1 Å². The number of hydrogen-bond acceptors (Lipinski definition) is 5. The number of anilines is 1. The van der Waals surface area contributed by atoms with Crippen LogP contribution in [0.3, 0.4) is 0 Å². The number of fused-ring (bicyclic) bond motifs is 1. The van der Waals surface area contributed by atoms with Crippen LogP contribution < -0.4 is 20.1 Å². The number of nitrogens with zero attached hydrogens (tertiary/aromatic N) is 1. The predicted molar refractivity (Wildman–Crippen MR) is 105 cm³/mol. The first-order valence-electron chi connectivity index (χ1n) is 8.97. The van der Waals surface area contributed by atoms with Gasteiger partial charge in [0.1, 0.15) is 25.3 Å². The Morgan fingerprint density at radius 1 is 1.17 bits per heavy atom. The second kappa shape index (κ2) is 7.29. The van der Waals surface area contributed by atoms with Crippen molar-refractivity contribution in [1.29, 1.82) is 0 Å². The summed E-state index contributed by atoms with van der Waals surface area (Å²) in [5.41, 5.74) is -0.401. The van der Waals surface area contributed by atoms with Gasteiger partial charge in [0.05, 0.1) is 0 Å². The number of amides is 4. The fourth-order valence-corrected chi connectivity index (χ4v) is 3.68. The lowest BCUT2D eigenvalue weighted by molar-refractivity contribution is -0.133. The first kappa shape index (κ1) is 19.1. The molecule has 29 heavy (non-hydrogen) atoms. The topological polar surface area (TPSA) is 97.0 Å². The summed E-state index contributed by atoms with van der Waals surface area (Å²) in [5, 5.41) is 5.65. The number of ether oxygens (including phenoxy) is 2. The van der Waals surface area contributed by atoms with Gasteiger partial charge < -0.3 is 20.1 Å². The number of halogens is 1. The molecule has 0 aromatic heterocycles. The van der Waals surface area contributed by atoms with Crippen molar-refractivity contribution in [3.05, 3.63) is 53.1 Å². The van der Waals surface area contributed by atoms with Crippen LogP contribution in [-0.4, -0.2) is 42.5 Å². The van der Waals surface area contributed by atoms with Crippen molar-refractivity contribution < 1.29 is 23.9 Å².